The molecule has 3 aromatic carbocycles. The van der Waals surface area contributed by atoms with E-state index in [1.807, 2.05) is 0 Å². The predicted molar refractivity (Wildman–Crippen MR) is 147 cm³/mol. The quantitative estimate of drug-likeness (QED) is 0.354. The molecule has 10 heteroatoms. The summed E-state index contributed by atoms with van der Waals surface area (Å²) in [5.41, 5.74) is 1.75. The van der Waals surface area contributed by atoms with Gasteiger partial charge in [-0.3, -0.25) is 9.59 Å². The van der Waals surface area contributed by atoms with Crippen molar-refractivity contribution in [3.8, 4) is 17.2 Å². The summed E-state index contributed by atoms with van der Waals surface area (Å²) in [6.45, 7) is 0.134. The fourth-order valence-corrected chi connectivity index (χ4v) is 4.55. The molecule has 0 radical (unpaired) electrons. The molecule has 3 aromatic rings. The molecule has 0 unspecified atom stereocenters. The minimum absolute atomic E-state index is 0.179. The first-order valence-corrected chi connectivity index (χ1v) is 12.7. The van der Waals surface area contributed by atoms with Crippen molar-refractivity contribution in [1.82, 2.24) is 9.91 Å². The van der Waals surface area contributed by atoms with Crippen LogP contribution in [0, 0.1) is 5.82 Å². The van der Waals surface area contributed by atoms with Gasteiger partial charge in [0, 0.05) is 36.8 Å². The summed E-state index contributed by atoms with van der Waals surface area (Å²) in [7, 11) is 6.14. The van der Waals surface area contributed by atoms with E-state index in [1.54, 1.807) is 74.9 Å². The molecule has 1 atom stereocenters. The van der Waals surface area contributed by atoms with Gasteiger partial charge in [-0.25, -0.2) is 9.40 Å². The van der Waals surface area contributed by atoms with Gasteiger partial charge in [-0.15, -0.1) is 0 Å². The Morgan fingerprint density at radius 1 is 0.950 bits per heavy atom. The number of benzene rings is 3. The number of carbonyl (C=O) groups excluding carboxylic acids is 2. The van der Waals surface area contributed by atoms with Gasteiger partial charge in [0.25, 0.3) is 11.8 Å². The van der Waals surface area contributed by atoms with Gasteiger partial charge in [0.05, 0.1) is 39.7 Å². The lowest BCUT2D eigenvalue weighted by atomic mass is 9.97. The molecule has 2 amide bonds. The van der Waals surface area contributed by atoms with Gasteiger partial charge in [-0.2, -0.15) is 5.10 Å². The number of nitrogens with zero attached hydrogens (tertiary/aromatic N) is 3. The van der Waals surface area contributed by atoms with Crippen LogP contribution >= 0.6 is 0 Å². The Morgan fingerprint density at radius 3 is 2.30 bits per heavy atom. The lowest BCUT2D eigenvalue weighted by Crippen LogP contribution is -2.42. The predicted octanol–water partition coefficient (Wildman–Crippen LogP) is 4.32. The maximum absolute atomic E-state index is 14.8. The van der Waals surface area contributed by atoms with Crippen molar-refractivity contribution in [3.63, 3.8) is 0 Å². The van der Waals surface area contributed by atoms with Crippen LogP contribution in [0.4, 0.5) is 4.39 Å². The molecule has 1 aliphatic rings. The van der Waals surface area contributed by atoms with Crippen LogP contribution in [-0.2, 0) is 9.53 Å². The Morgan fingerprint density at radius 2 is 1.65 bits per heavy atom. The Kier molecular flexibility index (Phi) is 9.34. The van der Waals surface area contributed by atoms with Crippen LogP contribution in [-0.4, -0.2) is 75.6 Å². The number of hydrogen-bond donors (Lipinski definition) is 0. The second-order valence-corrected chi connectivity index (χ2v) is 9.04. The van der Waals surface area contributed by atoms with Crippen LogP contribution < -0.4 is 14.2 Å². The average Bonchev–Trinajstić information content (AvgIpc) is 3.44. The lowest BCUT2D eigenvalue weighted by Gasteiger charge is -2.28. The minimum atomic E-state index is -0.618. The van der Waals surface area contributed by atoms with Crippen molar-refractivity contribution in [3.05, 3.63) is 89.2 Å². The summed E-state index contributed by atoms with van der Waals surface area (Å²) in [5, 5.41) is 5.88. The third-order valence-electron chi connectivity index (χ3n) is 6.66. The average molecular weight is 550 g/mol. The summed E-state index contributed by atoms with van der Waals surface area (Å²) >= 11 is 0. The van der Waals surface area contributed by atoms with Crippen LogP contribution in [0.2, 0.25) is 0 Å². The van der Waals surface area contributed by atoms with Crippen molar-refractivity contribution in [2.24, 2.45) is 5.10 Å². The Bertz CT molecular complexity index is 1380. The van der Waals surface area contributed by atoms with E-state index in [9.17, 15) is 14.0 Å². The highest BCUT2D eigenvalue weighted by Crippen LogP contribution is 2.39. The highest BCUT2D eigenvalue weighted by molar-refractivity contribution is 6.04. The number of rotatable bonds is 11. The van der Waals surface area contributed by atoms with Crippen molar-refractivity contribution in [2.45, 2.75) is 12.5 Å². The first kappa shape index (κ1) is 28.6. The van der Waals surface area contributed by atoms with Gasteiger partial charge in [0.2, 0.25) is 0 Å². The number of hydrogen-bond acceptors (Lipinski definition) is 7. The Balaban J connectivity index is 1.69. The van der Waals surface area contributed by atoms with Crippen LogP contribution in [0.3, 0.4) is 0 Å². The number of carbonyl (C=O) groups is 2. The molecule has 1 heterocycles. The van der Waals surface area contributed by atoms with Crippen molar-refractivity contribution in [2.75, 3.05) is 48.1 Å². The lowest BCUT2D eigenvalue weighted by molar-refractivity contribution is -0.133. The normalized spacial score (nSPS) is 14.5. The summed E-state index contributed by atoms with van der Waals surface area (Å²) in [5.74, 6) is 0.472. The monoisotopic (exact) mass is 549 g/mol. The summed E-state index contributed by atoms with van der Waals surface area (Å²) in [4.78, 5) is 28.7. The summed E-state index contributed by atoms with van der Waals surface area (Å²) in [6.07, 6.45) is 0.237. The third kappa shape index (κ3) is 6.23. The molecule has 0 saturated heterocycles. The molecule has 0 N–H and O–H groups in total. The Labute approximate surface area is 232 Å². The van der Waals surface area contributed by atoms with Crippen LogP contribution in [0.25, 0.3) is 0 Å². The van der Waals surface area contributed by atoms with Gasteiger partial charge in [0.15, 0.2) is 0 Å². The molecule has 4 rings (SSSR count). The summed E-state index contributed by atoms with van der Waals surface area (Å²) < 4.78 is 36.1. The van der Waals surface area contributed by atoms with E-state index in [1.165, 1.54) is 30.2 Å². The van der Waals surface area contributed by atoms with E-state index in [2.05, 4.69) is 5.10 Å². The zero-order chi connectivity index (χ0) is 28.6. The SMILES string of the molecule is COCCN(CC(=O)N1N=C(c2ccccc2F)C[C@H]1c1cc(OC)ccc1OC)C(=O)c1ccc(OC)cc1. The molecule has 210 valence electrons. The maximum Gasteiger partial charge on any atom is 0.262 e. The van der Waals surface area contributed by atoms with E-state index in [0.717, 1.165) is 0 Å². The van der Waals surface area contributed by atoms with Gasteiger partial charge < -0.3 is 23.8 Å². The van der Waals surface area contributed by atoms with E-state index in [0.29, 0.717) is 39.7 Å². The van der Waals surface area contributed by atoms with Crippen molar-refractivity contribution in [1.29, 1.82) is 0 Å². The number of hydrazone groups is 1. The van der Waals surface area contributed by atoms with Crippen LogP contribution in [0.15, 0.2) is 71.8 Å². The highest BCUT2D eigenvalue weighted by Gasteiger charge is 2.37. The van der Waals surface area contributed by atoms with Gasteiger partial charge in [0.1, 0.15) is 29.6 Å². The van der Waals surface area contributed by atoms with Crippen LogP contribution in [0.5, 0.6) is 17.2 Å². The number of halogens is 1. The van der Waals surface area contributed by atoms with Crippen LogP contribution in [0.1, 0.15) is 33.9 Å². The molecule has 1 aliphatic heterocycles. The van der Waals surface area contributed by atoms with E-state index in [4.69, 9.17) is 18.9 Å². The molecule has 40 heavy (non-hydrogen) atoms. The van der Waals surface area contributed by atoms with Gasteiger partial charge >= 0.3 is 0 Å². The number of ether oxygens (including phenoxy) is 4. The maximum atomic E-state index is 14.8. The van der Waals surface area contributed by atoms with Gasteiger partial charge in [-0.1, -0.05) is 18.2 Å². The van der Waals surface area contributed by atoms with E-state index in [-0.39, 0.29) is 32.0 Å². The fraction of sp³-hybridized carbons (Fsp3) is 0.300. The number of methoxy groups -OCH3 is 4. The largest absolute Gasteiger partial charge is 0.497 e. The van der Waals surface area contributed by atoms with Gasteiger partial charge in [-0.05, 0) is 48.5 Å². The first-order valence-electron chi connectivity index (χ1n) is 12.7. The molecule has 0 aromatic heterocycles. The molecule has 9 nitrogen and oxygen atoms in total. The highest BCUT2D eigenvalue weighted by atomic mass is 19.1. The molecule has 0 saturated carbocycles. The summed E-state index contributed by atoms with van der Waals surface area (Å²) in [6, 6.07) is 17.6. The molecule has 0 spiro atoms. The topological polar surface area (TPSA) is 89.9 Å². The minimum Gasteiger partial charge on any atom is -0.497 e. The zero-order valence-electron chi connectivity index (χ0n) is 22.9. The molecule has 0 bridgehead atoms. The Hall–Kier alpha value is -4.44. The second-order valence-electron chi connectivity index (χ2n) is 9.04. The molecule has 0 fully saturated rings. The van der Waals surface area contributed by atoms with E-state index >= 15 is 0 Å². The molecular weight excluding hydrogens is 517 g/mol. The van der Waals surface area contributed by atoms with Crippen molar-refractivity contribution >= 4 is 17.5 Å². The fourth-order valence-electron chi connectivity index (χ4n) is 4.55. The standard InChI is InChI=1S/C30H32FN3O6/c1-37-16-15-33(30(36)20-9-11-21(38-2)12-10-20)19-29(35)34-27(24-17-22(39-3)13-14-28(24)40-4)18-26(32-34)23-7-5-6-8-25(23)31/h5-14,17,27H,15-16,18-19H2,1-4H3/t27-/m0/s1. The van der Waals surface area contributed by atoms with E-state index < -0.39 is 17.8 Å². The molecular formula is C30H32FN3O6. The van der Waals surface area contributed by atoms with Crippen molar-refractivity contribution < 1.29 is 32.9 Å². The zero-order valence-corrected chi connectivity index (χ0v) is 22.9. The molecule has 0 aliphatic carbocycles. The smallest absolute Gasteiger partial charge is 0.262 e. The third-order valence-corrected chi connectivity index (χ3v) is 6.66. The number of amides is 2. The first-order chi connectivity index (χ1) is 19.4. The second kappa shape index (κ2) is 13.1.